The number of nitrogens with one attached hydrogen (secondary N) is 5. The van der Waals surface area contributed by atoms with Crippen LogP contribution in [0.1, 0.15) is 105 Å². The summed E-state index contributed by atoms with van der Waals surface area (Å²) in [7, 11) is 15.4. The lowest BCUT2D eigenvalue weighted by atomic mass is 9.89. The van der Waals surface area contributed by atoms with Gasteiger partial charge in [-0.25, -0.2) is 88.4 Å². The number of carbonyl (C=O) groups excluding carboxylic acids is 5. The first kappa shape index (κ1) is 109. The molecule has 41 nitrogen and oxygen atoms in total. The van der Waals surface area contributed by atoms with E-state index in [4.69, 9.17) is 4.74 Å². The molecule has 0 radical (unpaired) electrons. The van der Waals surface area contributed by atoms with Gasteiger partial charge in [0.15, 0.2) is 67.1 Å². The molecule has 5 aromatic carbocycles. The van der Waals surface area contributed by atoms with E-state index in [-0.39, 0.29) is 125 Å². The van der Waals surface area contributed by atoms with Gasteiger partial charge in [-0.15, -0.1) is 0 Å². The van der Waals surface area contributed by atoms with Crippen molar-refractivity contribution < 1.29 is 71.1 Å². The van der Waals surface area contributed by atoms with E-state index in [1.165, 1.54) is 259 Å². The summed E-state index contributed by atoms with van der Waals surface area (Å²) in [6.45, 7) is 13.0. The zero-order valence-corrected chi connectivity index (χ0v) is 82.2. The number of aromatic nitrogens is 20. The summed E-state index contributed by atoms with van der Waals surface area (Å²) in [6.07, 6.45) is 6.60. The van der Waals surface area contributed by atoms with Crippen LogP contribution in [0.25, 0.3) is 61.4 Å². The molecule has 3 unspecified atom stereocenters. The molecule has 0 saturated heterocycles. The molecule has 772 valence electrons. The molecule has 0 spiro atoms. The fourth-order valence-corrected chi connectivity index (χ4v) is 15.0. The number of anilines is 5. The molecule has 3 atom stereocenters. The minimum atomic E-state index is -3.58. The van der Waals surface area contributed by atoms with Crippen molar-refractivity contribution in [1.82, 2.24) is 93.4 Å². The number of halogens is 9. The summed E-state index contributed by atoms with van der Waals surface area (Å²) in [4.78, 5) is 204. The number of imidazole rings is 5. The highest BCUT2D eigenvalue weighted by Crippen LogP contribution is 2.43. The maximum Gasteiger partial charge on any atom is 0.332 e. The highest BCUT2D eigenvalue weighted by atomic mass is 19.3. The predicted octanol–water partition coefficient (Wildman–Crippen LogP) is 8.76. The van der Waals surface area contributed by atoms with E-state index in [0.29, 0.717) is 41.2 Å². The Kier molecular flexibility index (Phi) is 31.6. The summed E-state index contributed by atoms with van der Waals surface area (Å²) >= 11 is 0. The van der Waals surface area contributed by atoms with Crippen molar-refractivity contribution >= 4 is 119 Å². The van der Waals surface area contributed by atoms with Crippen LogP contribution in [0, 0.1) is 0 Å². The van der Waals surface area contributed by atoms with E-state index in [1.807, 2.05) is 24.3 Å². The van der Waals surface area contributed by atoms with Crippen molar-refractivity contribution in [3.8, 4) is 0 Å². The Balaban J connectivity index is 0.000000204. The van der Waals surface area contributed by atoms with Crippen molar-refractivity contribution in [1.29, 1.82) is 0 Å². The van der Waals surface area contributed by atoms with Crippen LogP contribution in [0.5, 0.6) is 0 Å². The zero-order valence-electron chi connectivity index (χ0n) is 82.2. The number of rotatable bonds is 25. The third-order valence-electron chi connectivity index (χ3n) is 24.5. The van der Waals surface area contributed by atoms with Gasteiger partial charge in [0.1, 0.15) is 32.7 Å². The van der Waals surface area contributed by atoms with Crippen molar-refractivity contribution in [2.24, 2.45) is 70.5 Å². The van der Waals surface area contributed by atoms with Gasteiger partial charge in [-0.2, -0.15) is 0 Å². The molecule has 50 heteroatoms. The van der Waals surface area contributed by atoms with Crippen molar-refractivity contribution in [3.63, 3.8) is 0 Å². The number of ether oxygens (including phenoxy) is 1. The third-order valence-corrected chi connectivity index (χ3v) is 24.5. The van der Waals surface area contributed by atoms with Gasteiger partial charge in [-0.05, 0) is 115 Å². The predicted molar refractivity (Wildman–Crippen MR) is 528 cm³/mol. The molecule has 0 aliphatic heterocycles. The minimum absolute atomic E-state index is 0. The Bertz CT molecular complexity index is 8230. The van der Waals surface area contributed by atoms with Crippen LogP contribution >= 0.6 is 0 Å². The molecule has 10 heterocycles. The number of carbonyl (C=O) groups is 5. The maximum atomic E-state index is 14.4. The molecule has 15 aromatic rings. The van der Waals surface area contributed by atoms with Crippen LogP contribution in [-0.4, -0.2) is 154 Å². The van der Waals surface area contributed by atoms with Gasteiger partial charge < -0.3 is 54.2 Å². The van der Waals surface area contributed by atoms with Crippen LogP contribution in [0.2, 0.25) is 0 Å². The number of amides is 5. The molecule has 0 aliphatic rings. The number of allylic oxidation sites excluding steroid dienone is 1. The second kappa shape index (κ2) is 42.2. The number of nitrogens with zero attached hydrogens (tertiary/aromatic N) is 20. The monoisotopic (exact) mass is 2030 g/mol. The second-order valence-corrected chi connectivity index (χ2v) is 35.2. The van der Waals surface area contributed by atoms with Crippen molar-refractivity contribution in [2.45, 2.75) is 142 Å². The van der Waals surface area contributed by atoms with Crippen LogP contribution in [0.15, 0.2) is 207 Å². The number of methoxy groups -OCH3 is 1. The molecule has 0 saturated carbocycles. The summed E-state index contributed by atoms with van der Waals surface area (Å²) in [5.74, 6) is -15.3. The fraction of sp³-hybridized carbons (Fsp3) is 0.347. The number of benzene rings is 5. The number of aryl methyl sites for hydroxylation is 5. The SMILES string of the molecule is C=C(c1ccc(NC(=O)Cn2cnc3c2c(=O)n(C)c(=O)n3C)cc1)C(C)(F)F.CC(C)c1ccc(NC(=O)Cn2cnc3c2c(=O)n(C)c(=O)n3C)cc1.CC(c1ccc(NC(=O)Cn2cnc3c2c(=O)n(C)c(=O)n3C)cc1)C(C)(F)F.COC(C)(c1ccc(NC(=O)Cn2cnc3c2c(=O)n(C)c(=O)n3C)cc1)C(C)(F)F.Cn1c(=O)c2c(ncn2CC(=O)Nc2ccc(C(C)(F)C(C)(F)F)cc2)n(C)c1=O.[HH].[HH]. The average molecular weight is 2030 g/mol. The molecule has 5 amide bonds. The second-order valence-electron chi connectivity index (χ2n) is 35.2. The molecule has 15 rings (SSSR count). The van der Waals surface area contributed by atoms with Gasteiger partial charge in [0.2, 0.25) is 29.5 Å². The standard InChI is InChI=1S/C20H23F2N5O4.C19H20F3N5O3.C19H21F2N5O3.C19H19F2N5O3.C18H21N5O3.2H2/c1-19(31-5,20(2,21)22)12-6-8-13(9-7-12)24-14(28)10-27-11-23-16-15(27)17(29)26(4)18(30)25(16)3;1-18(20,19(2,21)22)11-5-7-12(8-6-11)24-13(28)9-27-10-23-15-14(27)16(29)26(4)17(30)25(15)3;2*1-11(19(2,20)21)12-5-7-13(8-6-12)23-14(27)9-26-10-22-16-15(26)17(28)25(4)18(29)24(16)3;1-11(2)12-5-7-13(8-6-12)20-14(24)9-23-10-19-16-15(23)17(25)22(4)18(26)21(16)3;;/h6-9,11H,10H2,1-5H3,(H,24,28);5-8,10H,9H2,1-4H3,(H,24,28);5-8,10-11H,9H2,1-4H3,(H,23,27);5-8,10H,1,9H2,2-4H3,(H,23,27);5-8,10-11H,9H2,1-4H3,(H,20,24);2*1H. The van der Waals surface area contributed by atoms with Crippen LogP contribution in [0.3, 0.4) is 0 Å². The van der Waals surface area contributed by atoms with Crippen LogP contribution < -0.4 is 82.8 Å². The molecule has 10 aromatic heterocycles. The summed E-state index contributed by atoms with van der Waals surface area (Å²) in [5, 5.41) is 13.3. The van der Waals surface area contributed by atoms with Crippen molar-refractivity contribution in [3.05, 3.63) is 292 Å². The van der Waals surface area contributed by atoms with E-state index < -0.39 is 121 Å². The van der Waals surface area contributed by atoms with Gasteiger partial charge in [-0.3, -0.25) is 93.6 Å². The van der Waals surface area contributed by atoms with E-state index >= 15 is 0 Å². The Morgan fingerprint density at radius 3 is 0.759 bits per heavy atom. The number of alkyl halides is 9. The first-order valence-electron chi connectivity index (χ1n) is 44.0. The van der Waals surface area contributed by atoms with Gasteiger partial charge in [0.25, 0.3) is 51.5 Å². The first-order valence-corrected chi connectivity index (χ1v) is 44.0. The van der Waals surface area contributed by atoms with Gasteiger partial charge in [-0.1, -0.05) is 88.0 Å². The van der Waals surface area contributed by atoms with Gasteiger partial charge in [0, 0.05) is 141 Å². The molecule has 145 heavy (non-hydrogen) atoms. The average Bonchev–Trinajstić information content (AvgIpc) is 1.60. The summed E-state index contributed by atoms with van der Waals surface area (Å²) in [5.41, 5.74) is -4.54. The van der Waals surface area contributed by atoms with Gasteiger partial charge >= 0.3 is 28.4 Å². The Morgan fingerprint density at radius 2 is 0.552 bits per heavy atom. The lowest BCUT2D eigenvalue weighted by molar-refractivity contribution is -0.182. The Morgan fingerprint density at radius 1 is 0.331 bits per heavy atom. The molecular weight excluding hydrogens is 1920 g/mol. The highest BCUT2D eigenvalue weighted by Gasteiger charge is 2.49. The lowest BCUT2D eigenvalue weighted by Crippen LogP contribution is -2.42. The number of hydrogen-bond acceptors (Lipinski definition) is 21. The van der Waals surface area contributed by atoms with E-state index in [9.17, 15) is 111 Å². The van der Waals surface area contributed by atoms with E-state index in [1.54, 1.807) is 12.1 Å². The normalized spacial score (nSPS) is 12.8. The van der Waals surface area contributed by atoms with E-state index in [2.05, 4.69) is 71.9 Å². The zero-order chi connectivity index (χ0) is 108. The topological polar surface area (TPSA) is 464 Å². The van der Waals surface area contributed by atoms with Crippen LogP contribution in [0.4, 0.5) is 68.0 Å². The summed E-state index contributed by atoms with van der Waals surface area (Å²) < 4.78 is 146. The van der Waals surface area contributed by atoms with E-state index in [0.717, 1.165) is 50.5 Å². The molecule has 5 N–H and O–H groups in total. The molecular formula is C95H108F9N25O16. The fourth-order valence-electron chi connectivity index (χ4n) is 15.0. The maximum absolute atomic E-state index is 14.4. The molecule has 0 aliphatic carbocycles. The third kappa shape index (κ3) is 22.9. The first-order chi connectivity index (χ1) is 67.5. The Labute approximate surface area is 818 Å². The molecule has 0 bridgehead atoms. The number of hydrogen-bond donors (Lipinski definition) is 5. The molecule has 0 fully saturated rings. The lowest BCUT2D eigenvalue weighted by Gasteiger charge is -2.34. The number of fused-ring (bicyclic) bond motifs is 5. The summed E-state index contributed by atoms with van der Waals surface area (Å²) in [6, 6.07) is 30.5. The van der Waals surface area contributed by atoms with Crippen LogP contribution in [-0.2, 0) is 143 Å². The Hall–Kier alpha value is -16.7. The quantitative estimate of drug-likeness (QED) is 0.0334. The largest absolute Gasteiger partial charge is 0.368 e. The smallest absolute Gasteiger partial charge is 0.332 e. The van der Waals surface area contributed by atoms with Gasteiger partial charge in [0.05, 0.1) is 31.6 Å². The highest BCUT2D eigenvalue weighted by molar-refractivity contribution is 5.95. The minimum Gasteiger partial charge on any atom is -0.368 e. The van der Waals surface area contributed by atoms with Crippen molar-refractivity contribution in [2.75, 3.05) is 33.7 Å².